The number of rotatable bonds is 16. The van der Waals surface area contributed by atoms with Crippen molar-refractivity contribution in [2.24, 2.45) is 0 Å². The molecule has 0 saturated heterocycles. The first-order valence-corrected chi connectivity index (χ1v) is 17.6. The Hall–Kier alpha value is -1.14. The van der Waals surface area contributed by atoms with E-state index in [-0.39, 0.29) is 24.3 Å². The van der Waals surface area contributed by atoms with Gasteiger partial charge in [-0.05, 0) is 33.4 Å². The third-order valence-corrected chi connectivity index (χ3v) is 9.48. The minimum absolute atomic E-state index is 0.0423. The Bertz CT molecular complexity index is 1120. The van der Waals surface area contributed by atoms with Crippen molar-refractivity contribution in [2.75, 3.05) is 42.7 Å². The van der Waals surface area contributed by atoms with Gasteiger partial charge in [0.2, 0.25) is 11.2 Å². The second-order valence-electron chi connectivity index (χ2n) is 8.93. The molecule has 0 aliphatic carbocycles. The molecule has 0 aliphatic heterocycles. The second-order valence-corrected chi connectivity index (χ2v) is 12.5. The van der Waals surface area contributed by atoms with Crippen LogP contribution in [0, 0.1) is 0 Å². The third-order valence-electron chi connectivity index (χ3n) is 5.77. The molecule has 3 aromatic carbocycles. The molecule has 3 rings (SSSR count). The molecule has 0 fully saturated rings. The van der Waals surface area contributed by atoms with E-state index < -0.39 is 36.9 Å². The van der Waals surface area contributed by atoms with E-state index in [1.165, 1.54) is 36.1 Å². The summed E-state index contributed by atoms with van der Waals surface area (Å²) in [6, 6.07) is 16.9. The van der Waals surface area contributed by atoms with Gasteiger partial charge >= 0.3 is 26.9 Å². The van der Waals surface area contributed by atoms with Crippen LogP contribution in [0.4, 0.5) is 17.7 Å². The Morgan fingerprint density at radius 1 is 0.489 bits per heavy atom. The molecule has 0 N–H and O–H groups in total. The van der Waals surface area contributed by atoms with Gasteiger partial charge in [0, 0.05) is 52.4 Å². The van der Waals surface area contributed by atoms with Crippen LogP contribution in [-0.4, -0.2) is 42.7 Å². The van der Waals surface area contributed by atoms with Gasteiger partial charge in [0.25, 0.3) is 0 Å². The van der Waals surface area contributed by atoms with E-state index >= 15 is 0 Å². The fourth-order valence-electron chi connectivity index (χ4n) is 4.12. The van der Waals surface area contributed by atoms with Crippen molar-refractivity contribution in [3.8, 4) is 0 Å². The number of hydrogen-bond donors (Lipinski definition) is 0. The van der Waals surface area contributed by atoms with Gasteiger partial charge in [-0.25, -0.2) is 0 Å². The maximum atomic E-state index is 12.9. The first-order chi connectivity index (χ1) is 21.7. The minimum atomic E-state index is -5.27. The first-order valence-electron chi connectivity index (χ1n) is 13.0. The molecule has 0 bridgehead atoms. The molecule has 0 radical (unpaired) electrons. The van der Waals surface area contributed by atoms with Crippen LogP contribution in [0.1, 0.15) is 33.4 Å². The molecule has 0 aliphatic rings. The van der Waals surface area contributed by atoms with Gasteiger partial charge in [-0.3, -0.25) is 0 Å². The molecule has 3 aromatic rings. The predicted molar refractivity (Wildman–Crippen MR) is 167 cm³/mol. The van der Waals surface area contributed by atoms with Gasteiger partial charge in [-0.1, -0.05) is 76.2 Å². The van der Waals surface area contributed by atoms with Gasteiger partial charge in [-0.2, -0.15) is 0 Å². The van der Waals surface area contributed by atoms with E-state index in [9.17, 15) is 17.7 Å². The van der Waals surface area contributed by atoms with Crippen LogP contribution in [0.15, 0.2) is 69.3 Å². The van der Waals surface area contributed by atoms with Crippen molar-refractivity contribution in [1.82, 2.24) is 0 Å². The van der Waals surface area contributed by atoms with Crippen molar-refractivity contribution in [1.29, 1.82) is 0 Å². The molecule has 0 unspecified atom stereocenters. The van der Waals surface area contributed by atoms with Gasteiger partial charge < -0.3 is 28.4 Å². The molecule has 6 nitrogen and oxygen atoms in total. The fraction of sp³-hybridized carbons (Fsp3) is 0.400. The first kappa shape index (κ1) is 41.9. The zero-order valence-corrected chi connectivity index (χ0v) is 29.7. The number of hydrogen-bond acceptors (Lipinski definition) is 8. The topological polar surface area (TPSA) is 55.4 Å². The number of halogens is 5. The van der Waals surface area contributed by atoms with Crippen molar-refractivity contribution in [2.45, 2.75) is 54.3 Å². The Morgan fingerprint density at radius 3 is 0.933 bits per heavy atom. The fourth-order valence-corrected chi connectivity index (χ4v) is 7.86. The van der Waals surface area contributed by atoms with Crippen LogP contribution in [0.5, 0.6) is 0 Å². The van der Waals surface area contributed by atoms with Crippen molar-refractivity contribution in [3.05, 3.63) is 88.0 Å². The molecular weight excluding hydrogens is 755 g/mol. The Kier molecular flexibility index (Phi) is 22.4. The van der Waals surface area contributed by atoms with Gasteiger partial charge in [0.15, 0.2) is 0 Å². The van der Waals surface area contributed by atoms with Crippen LogP contribution in [0.25, 0.3) is 0 Å². The SMILES string of the molecule is COCc1cccc(COC)c1S(F)(F)F.COCc1cccc(COC)c1SSc1c(COC)cccc1COC.[F][Ag][F]. The number of methoxy groups -OCH3 is 6. The van der Waals surface area contributed by atoms with E-state index in [4.69, 9.17) is 28.4 Å². The van der Waals surface area contributed by atoms with Crippen LogP contribution in [-0.2, 0) is 88.9 Å². The Balaban J connectivity index is 0.000000455. The zero-order chi connectivity index (χ0) is 33.7. The second kappa shape index (κ2) is 24.1. The standard InChI is InChI=1S/C20H26O4S2.C10H13F3O2S.Ag.2FH/c1-21-11-15-7-5-8-16(12-22-2)19(15)25-26-20-17(13-23-3)9-6-10-18(20)14-24-4;1-14-6-8-4-3-5-9(7-15-2)10(8)16(11,12)13;;;/h5-10H,11-14H2,1-4H3;3-5H,6-7H2,1-2H3;;2*1H/q;;+2;;/p-2. The molecule has 259 valence electrons. The molecule has 0 saturated carbocycles. The molecule has 0 atom stereocenters. The summed E-state index contributed by atoms with van der Waals surface area (Å²) in [5, 5.41) is 0. The monoisotopic (exact) mass is 793 g/mol. The van der Waals surface area contributed by atoms with E-state index in [0.29, 0.717) is 26.4 Å². The number of ether oxygens (including phenoxy) is 6. The summed E-state index contributed by atoms with van der Waals surface area (Å²) in [4.78, 5) is 1.81. The summed E-state index contributed by atoms with van der Waals surface area (Å²) in [6.07, 6.45) is 0. The molecule has 45 heavy (non-hydrogen) atoms. The summed E-state index contributed by atoms with van der Waals surface area (Å²) in [5.41, 5.74) is 4.99. The molecule has 0 heterocycles. The van der Waals surface area contributed by atoms with E-state index in [1.54, 1.807) is 56.1 Å². The quantitative estimate of drug-likeness (QED) is 0.0808. The summed E-state index contributed by atoms with van der Waals surface area (Å²) in [6.45, 7) is 2.21. The molecule has 0 amide bonds. The van der Waals surface area contributed by atoms with E-state index in [0.717, 1.165) is 22.3 Å². The predicted octanol–water partition coefficient (Wildman–Crippen LogP) is 9.71. The van der Waals surface area contributed by atoms with Gasteiger partial charge in [0.05, 0.1) is 44.5 Å². The Labute approximate surface area is 283 Å². The van der Waals surface area contributed by atoms with E-state index in [2.05, 4.69) is 24.3 Å². The maximum absolute atomic E-state index is 12.9. The molecule has 0 aromatic heterocycles. The number of benzene rings is 3. The van der Waals surface area contributed by atoms with Crippen molar-refractivity contribution >= 4 is 32.8 Å². The normalized spacial score (nSPS) is 11.4. The average molecular weight is 795 g/mol. The zero-order valence-electron chi connectivity index (χ0n) is 25.8. The van der Waals surface area contributed by atoms with Crippen molar-refractivity contribution in [3.63, 3.8) is 0 Å². The molecule has 15 heteroatoms. The van der Waals surface area contributed by atoms with Crippen LogP contribution in [0.2, 0.25) is 0 Å². The van der Waals surface area contributed by atoms with Crippen LogP contribution >= 0.6 is 32.8 Å². The third kappa shape index (κ3) is 14.7. The summed E-state index contributed by atoms with van der Waals surface area (Å²) >= 11 is -7.20. The van der Waals surface area contributed by atoms with Crippen LogP contribution in [0.3, 0.4) is 0 Å². The van der Waals surface area contributed by atoms with Gasteiger partial charge in [-0.15, -0.1) is 11.7 Å². The summed E-state index contributed by atoms with van der Waals surface area (Å²) < 4.78 is 89.1. The Morgan fingerprint density at radius 2 is 0.711 bits per heavy atom. The summed E-state index contributed by atoms with van der Waals surface area (Å²) in [5.74, 6) is 0. The molecule has 0 spiro atoms. The molecular formula is C30H39AgF5O6S3. The average Bonchev–Trinajstić information content (AvgIpc) is 2.99. The van der Waals surface area contributed by atoms with E-state index in [1.807, 2.05) is 12.1 Å². The van der Waals surface area contributed by atoms with Crippen LogP contribution < -0.4 is 0 Å². The summed E-state index contributed by atoms with van der Waals surface area (Å²) in [7, 11) is 13.1. The van der Waals surface area contributed by atoms with Crippen molar-refractivity contribution < 1.29 is 67.0 Å². The van der Waals surface area contributed by atoms with Gasteiger partial charge in [0.1, 0.15) is 0 Å².